The number of carboxylic acids is 1. The third-order valence-electron chi connectivity index (χ3n) is 3.12. The van der Waals surface area contributed by atoms with Gasteiger partial charge in [-0.25, -0.2) is 9.59 Å². The summed E-state index contributed by atoms with van der Waals surface area (Å²) in [5.41, 5.74) is 1.19. The molecule has 0 unspecified atom stereocenters. The monoisotopic (exact) mass is 275 g/mol. The lowest BCUT2D eigenvalue weighted by Gasteiger charge is -2.20. The lowest BCUT2D eigenvalue weighted by molar-refractivity contribution is -0.140. The molecule has 1 aromatic rings. The van der Waals surface area contributed by atoms with Crippen LogP contribution in [0.5, 0.6) is 0 Å². The maximum atomic E-state index is 11.8. The maximum absolute atomic E-state index is 11.8. The SMILES string of the molecule is O=C(O)[C@@H]1C=CCN1C(=O)OCCCc1ccccc1. The van der Waals surface area contributed by atoms with Gasteiger partial charge in [0.05, 0.1) is 6.61 Å². The van der Waals surface area contributed by atoms with E-state index in [0.717, 1.165) is 12.8 Å². The molecule has 2 rings (SSSR count). The third kappa shape index (κ3) is 3.60. The molecule has 1 amide bonds. The Morgan fingerprint density at radius 2 is 2.05 bits per heavy atom. The van der Waals surface area contributed by atoms with Crippen molar-refractivity contribution in [2.75, 3.05) is 13.2 Å². The fourth-order valence-corrected chi connectivity index (χ4v) is 2.09. The van der Waals surface area contributed by atoms with E-state index in [4.69, 9.17) is 9.84 Å². The quantitative estimate of drug-likeness (QED) is 0.660. The number of hydrogen-bond donors (Lipinski definition) is 1. The number of aliphatic carboxylic acids is 1. The van der Waals surface area contributed by atoms with E-state index in [1.807, 2.05) is 30.3 Å². The first-order valence-electron chi connectivity index (χ1n) is 6.55. The number of benzene rings is 1. The summed E-state index contributed by atoms with van der Waals surface area (Å²) < 4.78 is 5.11. The van der Waals surface area contributed by atoms with Crippen LogP contribution >= 0.6 is 0 Å². The second kappa shape index (κ2) is 6.75. The molecule has 5 heteroatoms. The molecule has 0 radical (unpaired) electrons. The Labute approximate surface area is 117 Å². The number of carbonyl (C=O) groups is 2. The van der Waals surface area contributed by atoms with E-state index in [1.54, 1.807) is 6.08 Å². The van der Waals surface area contributed by atoms with Gasteiger partial charge in [0.25, 0.3) is 0 Å². The normalized spacial score (nSPS) is 17.2. The van der Waals surface area contributed by atoms with Crippen molar-refractivity contribution in [3.05, 3.63) is 48.0 Å². The van der Waals surface area contributed by atoms with E-state index in [1.165, 1.54) is 16.5 Å². The van der Waals surface area contributed by atoms with Crippen LogP contribution in [0, 0.1) is 0 Å². The van der Waals surface area contributed by atoms with Gasteiger partial charge in [0.1, 0.15) is 0 Å². The highest BCUT2D eigenvalue weighted by atomic mass is 16.6. The van der Waals surface area contributed by atoms with Crippen LogP contribution in [0.2, 0.25) is 0 Å². The largest absolute Gasteiger partial charge is 0.479 e. The Kier molecular flexibility index (Phi) is 4.76. The Balaban J connectivity index is 1.72. The average Bonchev–Trinajstić information content (AvgIpc) is 2.94. The Morgan fingerprint density at radius 3 is 2.75 bits per heavy atom. The van der Waals surface area contributed by atoms with E-state index in [2.05, 4.69) is 0 Å². The number of rotatable bonds is 5. The Morgan fingerprint density at radius 1 is 1.30 bits per heavy atom. The summed E-state index contributed by atoms with van der Waals surface area (Å²) in [6.07, 6.45) is 4.12. The molecule has 0 aromatic heterocycles. The van der Waals surface area contributed by atoms with Crippen LogP contribution in [0.1, 0.15) is 12.0 Å². The zero-order valence-corrected chi connectivity index (χ0v) is 11.1. The van der Waals surface area contributed by atoms with Gasteiger partial charge in [0, 0.05) is 6.54 Å². The number of carboxylic acid groups (broad SMARTS) is 1. The molecule has 20 heavy (non-hydrogen) atoms. The predicted octanol–water partition coefficient (Wildman–Crippen LogP) is 2.08. The van der Waals surface area contributed by atoms with Crippen molar-refractivity contribution in [1.82, 2.24) is 4.90 Å². The zero-order chi connectivity index (χ0) is 14.4. The molecule has 0 saturated heterocycles. The average molecular weight is 275 g/mol. The van der Waals surface area contributed by atoms with Gasteiger partial charge in [0.15, 0.2) is 6.04 Å². The van der Waals surface area contributed by atoms with E-state index in [0.29, 0.717) is 0 Å². The number of aryl methyl sites for hydroxylation is 1. The molecule has 0 bridgehead atoms. The van der Waals surface area contributed by atoms with Crippen molar-refractivity contribution in [2.45, 2.75) is 18.9 Å². The molecule has 0 spiro atoms. The number of nitrogens with zero attached hydrogens (tertiary/aromatic N) is 1. The van der Waals surface area contributed by atoms with Gasteiger partial charge >= 0.3 is 12.1 Å². The van der Waals surface area contributed by atoms with Gasteiger partial charge in [-0.1, -0.05) is 42.5 Å². The van der Waals surface area contributed by atoms with Crippen LogP contribution < -0.4 is 0 Å². The highest BCUT2D eigenvalue weighted by Gasteiger charge is 2.31. The molecule has 5 nitrogen and oxygen atoms in total. The lowest BCUT2D eigenvalue weighted by Crippen LogP contribution is -2.41. The molecule has 1 N–H and O–H groups in total. The summed E-state index contributed by atoms with van der Waals surface area (Å²) in [7, 11) is 0. The van der Waals surface area contributed by atoms with Crippen LogP contribution in [0.3, 0.4) is 0 Å². The summed E-state index contributed by atoms with van der Waals surface area (Å²) >= 11 is 0. The molecule has 0 aliphatic carbocycles. The van der Waals surface area contributed by atoms with E-state index < -0.39 is 18.1 Å². The van der Waals surface area contributed by atoms with Gasteiger partial charge < -0.3 is 9.84 Å². The van der Waals surface area contributed by atoms with Gasteiger partial charge in [-0.3, -0.25) is 4.90 Å². The fraction of sp³-hybridized carbons (Fsp3) is 0.333. The minimum atomic E-state index is -1.04. The smallest absolute Gasteiger partial charge is 0.411 e. The topological polar surface area (TPSA) is 66.8 Å². The minimum absolute atomic E-state index is 0.286. The lowest BCUT2D eigenvalue weighted by atomic mass is 10.1. The van der Waals surface area contributed by atoms with Gasteiger partial charge in [0.2, 0.25) is 0 Å². The number of amides is 1. The Bertz CT molecular complexity index is 498. The standard InChI is InChI=1S/C15H17NO4/c17-14(18)13-9-4-10-16(13)15(19)20-11-5-8-12-6-2-1-3-7-12/h1-4,6-7,9,13H,5,8,10-11H2,(H,17,18)/t13-/m0/s1. The first kappa shape index (κ1) is 14.1. The molecule has 0 saturated carbocycles. The molecule has 1 aliphatic heterocycles. The van der Waals surface area contributed by atoms with Crippen molar-refractivity contribution < 1.29 is 19.4 Å². The molecule has 1 heterocycles. The molecule has 1 atom stereocenters. The highest BCUT2D eigenvalue weighted by molar-refractivity contribution is 5.83. The van der Waals surface area contributed by atoms with Crippen molar-refractivity contribution in [1.29, 1.82) is 0 Å². The van der Waals surface area contributed by atoms with Gasteiger partial charge in [-0.05, 0) is 18.4 Å². The van der Waals surface area contributed by atoms with Crippen molar-refractivity contribution in [2.24, 2.45) is 0 Å². The van der Waals surface area contributed by atoms with Crippen molar-refractivity contribution >= 4 is 12.1 Å². The van der Waals surface area contributed by atoms with E-state index in [9.17, 15) is 9.59 Å². The third-order valence-corrected chi connectivity index (χ3v) is 3.12. The summed E-state index contributed by atoms with van der Waals surface area (Å²) in [6.45, 7) is 0.574. The summed E-state index contributed by atoms with van der Waals surface area (Å²) in [4.78, 5) is 23.9. The molecule has 1 aliphatic rings. The second-order valence-corrected chi connectivity index (χ2v) is 4.57. The Hall–Kier alpha value is -2.30. The summed E-state index contributed by atoms with van der Waals surface area (Å²) in [5.74, 6) is -1.04. The van der Waals surface area contributed by atoms with Crippen LogP contribution in [-0.4, -0.2) is 41.3 Å². The molecular formula is C15H17NO4. The predicted molar refractivity (Wildman–Crippen MR) is 73.4 cm³/mol. The number of hydrogen-bond acceptors (Lipinski definition) is 3. The number of ether oxygens (including phenoxy) is 1. The van der Waals surface area contributed by atoms with Crippen LogP contribution in [-0.2, 0) is 16.0 Å². The molecule has 106 valence electrons. The summed E-state index contributed by atoms with van der Waals surface area (Å²) in [5, 5.41) is 8.95. The van der Waals surface area contributed by atoms with Crippen LogP contribution in [0.4, 0.5) is 4.79 Å². The first-order valence-corrected chi connectivity index (χ1v) is 6.55. The zero-order valence-electron chi connectivity index (χ0n) is 11.1. The second-order valence-electron chi connectivity index (χ2n) is 4.57. The first-order chi connectivity index (χ1) is 9.68. The van der Waals surface area contributed by atoms with Crippen molar-refractivity contribution in [3.63, 3.8) is 0 Å². The van der Waals surface area contributed by atoms with Crippen LogP contribution in [0.25, 0.3) is 0 Å². The minimum Gasteiger partial charge on any atom is -0.479 e. The molecule has 1 aromatic carbocycles. The summed E-state index contributed by atoms with van der Waals surface area (Å²) in [6, 6.07) is 9.02. The van der Waals surface area contributed by atoms with Gasteiger partial charge in [-0.2, -0.15) is 0 Å². The number of carbonyl (C=O) groups excluding carboxylic acids is 1. The van der Waals surface area contributed by atoms with E-state index in [-0.39, 0.29) is 13.2 Å². The van der Waals surface area contributed by atoms with E-state index >= 15 is 0 Å². The molecule has 0 fully saturated rings. The van der Waals surface area contributed by atoms with Crippen molar-refractivity contribution in [3.8, 4) is 0 Å². The maximum Gasteiger partial charge on any atom is 0.411 e. The fourth-order valence-electron chi connectivity index (χ4n) is 2.09. The highest BCUT2D eigenvalue weighted by Crippen LogP contribution is 2.12. The molecular weight excluding hydrogens is 258 g/mol. The van der Waals surface area contributed by atoms with Crippen LogP contribution in [0.15, 0.2) is 42.5 Å². The van der Waals surface area contributed by atoms with Gasteiger partial charge in [-0.15, -0.1) is 0 Å².